The van der Waals surface area contributed by atoms with Gasteiger partial charge in [-0.3, -0.25) is 9.59 Å². The van der Waals surface area contributed by atoms with Gasteiger partial charge in [0.1, 0.15) is 6.54 Å². The molecule has 1 N–H and O–H groups in total. The van der Waals surface area contributed by atoms with E-state index in [2.05, 4.69) is 0 Å². The number of piperidine rings is 1. The van der Waals surface area contributed by atoms with Crippen LogP contribution < -0.4 is 10.2 Å². The van der Waals surface area contributed by atoms with Gasteiger partial charge in [0.25, 0.3) is 5.91 Å². The topological polar surface area (TPSA) is 49.4 Å². The summed E-state index contributed by atoms with van der Waals surface area (Å²) in [6, 6.07) is 5.99. The standard InChI is InChI=1S/C14H15F3N2O2/c15-14(16,17)9-18-13(21)10-4-6-11(7-5-10)19-8-2-1-3-12(19)20/h4-7H,1-3,8-9H2,(H,18,21). The first-order valence-electron chi connectivity index (χ1n) is 6.62. The number of carbonyl (C=O) groups is 2. The molecule has 1 aromatic rings. The zero-order chi connectivity index (χ0) is 15.5. The third kappa shape index (κ3) is 4.21. The molecule has 0 saturated carbocycles. The van der Waals surface area contributed by atoms with Crippen molar-refractivity contribution >= 4 is 17.5 Å². The number of nitrogens with zero attached hydrogens (tertiary/aromatic N) is 1. The number of benzene rings is 1. The van der Waals surface area contributed by atoms with E-state index in [1.165, 1.54) is 12.1 Å². The third-order valence-corrected chi connectivity index (χ3v) is 3.21. The van der Waals surface area contributed by atoms with Crippen LogP contribution in [0.2, 0.25) is 0 Å². The van der Waals surface area contributed by atoms with Crippen LogP contribution in [-0.4, -0.2) is 31.1 Å². The fourth-order valence-electron chi connectivity index (χ4n) is 2.15. The average molecular weight is 300 g/mol. The van der Waals surface area contributed by atoms with Crippen LogP contribution >= 0.6 is 0 Å². The highest BCUT2D eigenvalue weighted by atomic mass is 19.4. The Balaban J connectivity index is 2.01. The molecular formula is C14H15F3N2O2. The molecule has 7 heteroatoms. The Kier molecular flexibility index (Phi) is 4.50. The van der Waals surface area contributed by atoms with Gasteiger partial charge in [-0.05, 0) is 37.1 Å². The Morgan fingerprint density at radius 1 is 1.19 bits per heavy atom. The summed E-state index contributed by atoms with van der Waals surface area (Å²) >= 11 is 0. The summed E-state index contributed by atoms with van der Waals surface area (Å²) in [5.74, 6) is -0.764. The molecule has 1 saturated heterocycles. The van der Waals surface area contributed by atoms with Gasteiger partial charge < -0.3 is 10.2 Å². The van der Waals surface area contributed by atoms with E-state index in [0.29, 0.717) is 18.7 Å². The first kappa shape index (κ1) is 15.3. The van der Waals surface area contributed by atoms with E-state index in [0.717, 1.165) is 12.8 Å². The van der Waals surface area contributed by atoms with Crippen molar-refractivity contribution in [3.63, 3.8) is 0 Å². The number of hydrogen-bond donors (Lipinski definition) is 1. The van der Waals surface area contributed by atoms with Crippen LogP contribution in [0.1, 0.15) is 29.6 Å². The van der Waals surface area contributed by atoms with Crippen molar-refractivity contribution in [3.05, 3.63) is 29.8 Å². The SMILES string of the molecule is O=C(NCC(F)(F)F)c1ccc(N2CCCCC2=O)cc1. The van der Waals surface area contributed by atoms with E-state index >= 15 is 0 Å². The largest absolute Gasteiger partial charge is 0.405 e. The minimum Gasteiger partial charge on any atom is -0.343 e. The van der Waals surface area contributed by atoms with Crippen LogP contribution in [0.3, 0.4) is 0 Å². The molecule has 0 aliphatic carbocycles. The van der Waals surface area contributed by atoms with Gasteiger partial charge in [0, 0.05) is 24.2 Å². The Labute approximate surface area is 119 Å². The highest BCUT2D eigenvalue weighted by molar-refractivity contribution is 5.96. The van der Waals surface area contributed by atoms with Gasteiger partial charge >= 0.3 is 6.18 Å². The van der Waals surface area contributed by atoms with Crippen molar-refractivity contribution in [2.24, 2.45) is 0 Å². The second-order valence-electron chi connectivity index (χ2n) is 4.85. The fourth-order valence-corrected chi connectivity index (χ4v) is 2.15. The van der Waals surface area contributed by atoms with Gasteiger partial charge in [0.05, 0.1) is 0 Å². The zero-order valence-electron chi connectivity index (χ0n) is 11.2. The Bertz CT molecular complexity index is 526. The summed E-state index contributed by atoms with van der Waals surface area (Å²) in [5, 5.41) is 1.80. The molecule has 2 amide bonds. The van der Waals surface area contributed by atoms with Gasteiger partial charge in [0.15, 0.2) is 0 Å². The summed E-state index contributed by atoms with van der Waals surface area (Å²) in [6.45, 7) is -0.739. The molecule has 1 fully saturated rings. The van der Waals surface area contributed by atoms with E-state index in [1.54, 1.807) is 22.3 Å². The minimum atomic E-state index is -4.43. The summed E-state index contributed by atoms with van der Waals surface area (Å²) in [5.41, 5.74) is 0.791. The zero-order valence-corrected chi connectivity index (χ0v) is 11.2. The van der Waals surface area contributed by atoms with E-state index < -0.39 is 18.6 Å². The lowest BCUT2D eigenvalue weighted by atomic mass is 10.1. The normalized spacial score (nSPS) is 16.0. The van der Waals surface area contributed by atoms with Crippen LogP contribution in [0, 0.1) is 0 Å². The number of halogens is 3. The van der Waals surface area contributed by atoms with Gasteiger partial charge in [0.2, 0.25) is 5.91 Å². The van der Waals surface area contributed by atoms with Crippen LogP contribution in [0.15, 0.2) is 24.3 Å². The molecule has 1 aliphatic rings. The number of hydrogen-bond acceptors (Lipinski definition) is 2. The van der Waals surface area contributed by atoms with Crippen LogP contribution in [0.25, 0.3) is 0 Å². The molecule has 0 aromatic heterocycles. The minimum absolute atomic E-state index is 0.0236. The van der Waals surface area contributed by atoms with Crippen LogP contribution in [0.4, 0.5) is 18.9 Å². The highest BCUT2D eigenvalue weighted by Gasteiger charge is 2.28. The quantitative estimate of drug-likeness (QED) is 0.932. The summed E-state index contributed by atoms with van der Waals surface area (Å²) < 4.78 is 36.1. The van der Waals surface area contributed by atoms with E-state index in [1.807, 2.05) is 0 Å². The van der Waals surface area contributed by atoms with E-state index in [9.17, 15) is 22.8 Å². The molecule has 0 bridgehead atoms. The third-order valence-electron chi connectivity index (χ3n) is 3.21. The lowest BCUT2D eigenvalue weighted by molar-refractivity contribution is -0.123. The molecule has 21 heavy (non-hydrogen) atoms. The van der Waals surface area contributed by atoms with Crippen LogP contribution in [-0.2, 0) is 4.79 Å². The Morgan fingerprint density at radius 2 is 1.86 bits per heavy atom. The number of rotatable bonds is 3. The molecule has 2 rings (SSSR count). The van der Waals surface area contributed by atoms with Crippen molar-refractivity contribution in [2.75, 3.05) is 18.0 Å². The number of alkyl halides is 3. The smallest absolute Gasteiger partial charge is 0.343 e. The predicted octanol–water partition coefficient (Wildman–Crippen LogP) is 2.50. The van der Waals surface area contributed by atoms with Crippen molar-refractivity contribution in [1.29, 1.82) is 0 Å². The molecule has 0 atom stereocenters. The molecule has 1 aromatic carbocycles. The van der Waals surface area contributed by atoms with Gasteiger partial charge in [-0.1, -0.05) is 0 Å². The second kappa shape index (κ2) is 6.15. The maximum Gasteiger partial charge on any atom is 0.405 e. The average Bonchev–Trinajstić information content (AvgIpc) is 2.45. The number of amides is 2. The molecular weight excluding hydrogens is 285 g/mol. The maximum atomic E-state index is 12.0. The highest BCUT2D eigenvalue weighted by Crippen LogP contribution is 2.21. The van der Waals surface area contributed by atoms with Gasteiger partial charge in [-0.25, -0.2) is 0 Å². The molecule has 1 aliphatic heterocycles. The summed E-state index contributed by atoms with van der Waals surface area (Å²) in [6.07, 6.45) is -2.16. The number of nitrogens with one attached hydrogen (secondary N) is 1. The molecule has 114 valence electrons. The molecule has 0 unspecified atom stereocenters. The van der Waals surface area contributed by atoms with E-state index in [4.69, 9.17) is 0 Å². The summed E-state index contributed by atoms with van der Waals surface area (Å²) in [7, 11) is 0. The Hall–Kier alpha value is -2.05. The molecule has 1 heterocycles. The molecule has 4 nitrogen and oxygen atoms in total. The number of carbonyl (C=O) groups excluding carboxylic acids is 2. The first-order chi connectivity index (χ1) is 9.87. The lowest BCUT2D eigenvalue weighted by Gasteiger charge is -2.26. The van der Waals surface area contributed by atoms with Crippen molar-refractivity contribution in [2.45, 2.75) is 25.4 Å². The van der Waals surface area contributed by atoms with Crippen LogP contribution in [0.5, 0.6) is 0 Å². The second-order valence-corrected chi connectivity index (χ2v) is 4.85. The predicted molar refractivity (Wildman–Crippen MR) is 71.0 cm³/mol. The monoisotopic (exact) mass is 300 g/mol. The fraction of sp³-hybridized carbons (Fsp3) is 0.429. The number of anilines is 1. The van der Waals surface area contributed by atoms with Crippen molar-refractivity contribution in [1.82, 2.24) is 5.32 Å². The van der Waals surface area contributed by atoms with Gasteiger partial charge in [-0.15, -0.1) is 0 Å². The van der Waals surface area contributed by atoms with Crippen molar-refractivity contribution in [3.8, 4) is 0 Å². The molecule has 0 radical (unpaired) electrons. The van der Waals surface area contributed by atoms with E-state index in [-0.39, 0.29) is 11.5 Å². The first-order valence-corrected chi connectivity index (χ1v) is 6.62. The van der Waals surface area contributed by atoms with Crippen molar-refractivity contribution < 1.29 is 22.8 Å². The Morgan fingerprint density at radius 3 is 2.43 bits per heavy atom. The van der Waals surface area contributed by atoms with Gasteiger partial charge in [-0.2, -0.15) is 13.2 Å². The maximum absolute atomic E-state index is 12.0. The molecule has 0 spiro atoms. The lowest BCUT2D eigenvalue weighted by Crippen LogP contribution is -2.35. The summed E-state index contributed by atoms with van der Waals surface area (Å²) in [4.78, 5) is 24.9.